The molecule has 2 aromatic carbocycles. The van der Waals surface area contributed by atoms with Gasteiger partial charge in [-0.05, 0) is 36.2 Å². The van der Waals surface area contributed by atoms with Crippen molar-refractivity contribution in [3.8, 4) is 6.07 Å². The van der Waals surface area contributed by atoms with Gasteiger partial charge in [0, 0.05) is 23.7 Å². The minimum absolute atomic E-state index is 0.0946. The Morgan fingerprint density at radius 1 is 1.12 bits per heavy atom. The van der Waals surface area contributed by atoms with Crippen LogP contribution in [0.5, 0.6) is 0 Å². The SMILES string of the molecule is N#Cc1ccc(C2CC(C(=O)Nc3ccc([N+](=O)[O-])cc3)NC2C(F)(F)F)cc1C(F)(F)F. The fourth-order valence-electron chi connectivity index (χ4n) is 3.65. The lowest BCUT2D eigenvalue weighted by molar-refractivity contribution is -0.384. The molecule has 174 valence electrons. The topological polar surface area (TPSA) is 108 Å². The summed E-state index contributed by atoms with van der Waals surface area (Å²) < 4.78 is 80.7. The Balaban J connectivity index is 1.87. The van der Waals surface area contributed by atoms with Crippen molar-refractivity contribution in [2.24, 2.45) is 0 Å². The van der Waals surface area contributed by atoms with Gasteiger partial charge in [-0.3, -0.25) is 20.2 Å². The lowest BCUT2D eigenvalue weighted by Gasteiger charge is -2.23. The molecule has 33 heavy (non-hydrogen) atoms. The second-order valence-corrected chi connectivity index (χ2v) is 7.29. The van der Waals surface area contributed by atoms with E-state index in [1.165, 1.54) is 18.2 Å². The number of rotatable bonds is 4. The number of nitrogens with one attached hydrogen (secondary N) is 2. The van der Waals surface area contributed by atoms with Crippen molar-refractivity contribution >= 4 is 17.3 Å². The minimum atomic E-state index is -4.95. The van der Waals surface area contributed by atoms with Crippen LogP contribution in [0.1, 0.15) is 29.0 Å². The molecule has 1 saturated heterocycles. The number of nitro benzene ring substituents is 1. The van der Waals surface area contributed by atoms with Crippen LogP contribution in [-0.2, 0) is 11.0 Å². The molecule has 0 radical (unpaired) electrons. The lowest BCUT2D eigenvalue weighted by Crippen LogP contribution is -2.46. The number of carbonyl (C=O) groups is 1. The molecule has 0 bridgehead atoms. The van der Waals surface area contributed by atoms with Gasteiger partial charge in [-0.15, -0.1) is 0 Å². The highest BCUT2D eigenvalue weighted by Gasteiger charge is 2.52. The first kappa shape index (κ1) is 24.0. The quantitative estimate of drug-likeness (QED) is 0.387. The second-order valence-electron chi connectivity index (χ2n) is 7.29. The van der Waals surface area contributed by atoms with Crippen molar-refractivity contribution in [3.05, 3.63) is 69.3 Å². The largest absolute Gasteiger partial charge is 0.417 e. The summed E-state index contributed by atoms with van der Waals surface area (Å²) in [6.07, 6.45) is -10.3. The van der Waals surface area contributed by atoms with Crippen LogP contribution >= 0.6 is 0 Å². The molecule has 1 amide bonds. The molecule has 3 unspecified atom stereocenters. The van der Waals surface area contributed by atoms with Gasteiger partial charge in [-0.1, -0.05) is 6.07 Å². The highest BCUT2D eigenvalue weighted by molar-refractivity contribution is 5.95. The maximum absolute atomic E-state index is 13.6. The molecule has 0 aliphatic carbocycles. The smallest absolute Gasteiger partial charge is 0.325 e. The van der Waals surface area contributed by atoms with E-state index in [9.17, 15) is 41.3 Å². The van der Waals surface area contributed by atoms with Crippen molar-refractivity contribution < 1.29 is 36.1 Å². The van der Waals surface area contributed by atoms with E-state index in [1.807, 2.05) is 0 Å². The van der Waals surface area contributed by atoms with Crippen LogP contribution in [0.3, 0.4) is 0 Å². The van der Waals surface area contributed by atoms with Crippen LogP contribution < -0.4 is 10.6 Å². The average Bonchev–Trinajstić information content (AvgIpc) is 3.19. The van der Waals surface area contributed by atoms with Crippen LogP contribution in [0.15, 0.2) is 42.5 Å². The average molecular weight is 472 g/mol. The van der Waals surface area contributed by atoms with Crippen LogP contribution in [0.25, 0.3) is 0 Å². The molecule has 3 rings (SSSR count). The summed E-state index contributed by atoms with van der Waals surface area (Å²) in [4.78, 5) is 22.5. The lowest BCUT2D eigenvalue weighted by atomic mass is 9.88. The number of benzene rings is 2. The standard InChI is InChI=1S/C20H14F6N4O3/c21-19(22,23)15-7-10(1-2-11(15)9-27)14-8-16(29-17(14)20(24,25)26)18(31)28-12-3-5-13(6-4-12)30(32)33/h1-7,14,16-17,29H,8H2,(H,28,31). The maximum atomic E-state index is 13.6. The molecule has 1 heterocycles. The number of hydrogen-bond donors (Lipinski definition) is 2. The summed E-state index contributed by atoms with van der Waals surface area (Å²) in [5.74, 6) is -2.41. The molecular weight excluding hydrogens is 458 g/mol. The van der Waals surface area contributed by atoms with Gasteiger partial charge in [0.2, 0.25) is 5.91 Å². The Kier molecular flexibility index (Phi) is 6.33. The summed E-state index contributed by atoms with van der Waals surface area (Å²) in [6.45, 7) is 0. The van der Waals surface area contributed by atoms with E-state index in [2.05, 4.69) is 10.6 Å². The van der Waals surface area contributed by atoms with E-state index in [-0.39, 0.29) is 16.9 Å². The molecule has 3 atom stereocenters. The van der Waals surface area contributed by atoms with Crippen molar-refractivity contribution in [1.82, 2.24) is 5.32 Å². The number of nitriles is 1. The zero-order chi connectivity index (χ0) is 24.6. The van der Waals surface area contributed by atoms with Gasteiger partial charge < -0.3 is 5.32 Å². The van der Waals surface area contributed by atoms with Crippen LogP contribution in [0, 0.1) is 21.4 Å². The van der Waals surface area contributed by atoms with E-state index in [1.54, 1.807) is 0 Å². The van der Waals surface area contributed by atoms with Crippen LogP contribution in [0.4, 0.5) is 37.7 Å². The molecule has 2 N–H and O–H groups in total. The number of halogens is 6. The summed E-state index contributed by atoms with van der Waals surface area (Å²) in [7, 11) is 0. The van der Waals surface area contributed by atoms with E-state index >= 15 is 0 Å². The number of non-ortho nitro benzene ring substituents is 1. The van der Waals surface area contributed by atoms with Gasteiger partial charge in [0.25, 0.3) is 5.69 Å². The molecule has 2 aromatic rings. The Labute approximate surface area is 182 Å². The summed E-state index contributed by atoms with van der Waals surface area (Å²) in [5, 5.41) is 24.0. The predicted octanol–water partition coefficient (Wildman–Crippen LogP) is 4.50. The molecular formula is C20H14F6N4O3. The second kappa shape index (κ2) is 8.70. The number of amides is 1. The zero-order valence-electron chi connectivity index (χ0n) is 16.4. The Bertz CT molecular complexity index is 1110. The van der Waals surface area contributed by atoms with Crippen LogP contribution in [-0.4, -0.2) is 29.1 Å². The van der Waals surface area contributed by atoms with E-state index < -0.39 is 58.7 Å². The van der Waals surface area contributed by atoms with Crippen molar-refractivity contribution in [2.45, 2.75) is 36.8 Å². The molecule has 13 heteroatoms. The third-order valence-corrected chi connectivity index (χ3v) is 5.19. The van der Waals surface area contributed by atoms with Gasteiger partial charge in [-0.25, -0.2) is 0 Å². The fourth-order valence-corrected chi connectivity index (χ4v) is 3.65. The predicted molar refractivity (Wildman–Crippen MR) is 102 cm³/mol. The molecule has 0 saturated carbocycles. The fraction of sp³-hybridized carbons (Fsp3) is 0.300. The first-order chi connectivity index (χ1) is 15.3. The van der Waals surface area contributed by atoms with Gasteiger partial charge in [0.05, 0.1) is 28.2 Å². The molecule has 1 fully saturated rings. The molecule has 0 spiro atoms. The van der Waals surface area contributed by atoms with E-state index in [0.29, 0.717) is 6.07 Å². The van der Waals surface area contributed by atoms with Crippen molar-refractivity contribution in [2.75, 3.05) is 5.32 Å². The van der Waals surface area contributed by atoms with Crippen LogP contribution in [0.2, 0.25) is 0 Å². The highest BCUT2D eigenvalue weighted by Crippen LogP contribution is 2.42. The first-order valence-corrected chi connectivity index (χ1v) is 9.30. The zero-order valence-corrected chi connectivity index (χ0v) is 16.4. The molecule has 1 aliphatic rings. The highest BCUT2D eigenvalue weighted by atomic mass is 19.4. The van der Waals surface area contributed by atoms with Gasteiger partial charge >= 0.3 is 12.4 Å². The van der Waals surface area contributed by atoms with E-state index in [4.69, 9.17) is 5.26 Å². The Morgan fingerprint density at radius 3 is 2.27 bits per heavy atom. The number of alkyl halides is 6. The van der Waals surface area contributed by atoms with E-state index in [0.717, 1.165) is 24.3 Å². The van der Waals surface area contributed by atoms with Gasteiger partial charge in [0.1, 0.15) is 6.04 Å². The summed E-state index contributed by atoms with van der Waals surface area (Å²) in [5.41, 5.74) is -2.57. The normalized spacial score (nSPS) is 20.8. The maximum Gasteiger partial charge on any atom is 0.417 e. The van der Waals surface area contributed by atoms with Crippen molar-refractivity contribution in [1.29, 1.82) is 5.26 Å². The number of anilines is 1. The minimum Gasteiger partial charge on any atom is -0.325 e. The monoisotopic (exact) mass is 472 g/mol. The first-order valence-electron chi connectivity index (χ1n) is 9.30. The Morgan fingerprint density at radius 2 is 1.76 bits per heavy atom. The number of hydrogen-bond acceptors (Lipinski definition) is 5. The van der Waals surface area contributed by atoms with Gasteiger partial charge in [0.15, 0.2) is 0 Å². The third-order valence-electron chi connectivity index (χ3n) is 5.19. The number of nitrogens with zero attached hydrogens (tertiary/aromatic N) is 2. The molecule has 0 aromatic heterocycles. The molecule has 7 nitrogen and oxygen atoms in total. The number of carbonyl (C=O) groups excluding carboxylic acids is 1. The molecule has 1 aliphatic heterocycles. The third kappa shape index (κ3) is 5.23. The Hall–Kier alpha value is -3.66. The number of nitro groups is 1. The van der Waals surface area contributed by atoms with Gasteiger partial charge in [-0.2, -0.15) is 31.6 Å². The summed E-state index contributed by atoms with van der Waals surface area (Å²) in [6, 6.07) is 4.54. The van der Waals surface area contributed by atoms with Crippen molar-refractivity contribution in [3.63, 3.8) is 0 Å². The summed E-state index contributed by atoms with van der Waals surface area (Å²) >= 11 is 0.